The van der Waals surface area contributed by atoms with E-state index in [9.17, 15) is 19.7 Å². The number of nitro groups is 1. The van der Waals surface area contributed by atoms with Crippen LogP contribution in [-0.2, 0) is 14.4 Å². The van der Waals surface area contributed by atoms with Gasteiger partial charge in [-0.05, 0) is 19.1 Å². The number of oxime groups is 1. The van der Waals surface area contributed by atoms with Gasteiger partial charge in [0, 0.05) is 17.7 Å². The molecule has 0 saturated heterocycles. The monoisotopic (exact) mass is 280 g/mol. The van der Waals surface area contributed by atoms with Crippen LogP contribution in [0.15, 0.2) is 29.4 Å². The Hall–Kier alpha value is -2.77. The van der Waals surface area contributed by atoms with Crippen LogP contribution in [0.3, 0.4) is 0 Å². The molecule has 0 saturated carbocycles. The lowest BCUT2D eigenvalue weighted by Crippen LogP contribution is -2.26. The first-order chi connectivity index (χ1) is 9.51. The molecule has 0 spiro atoms. The number of hydrogen-bond acceptors (Lipinski definition) is 7. The maximum absolute atomic E-state index is 12.1. The van der Waals surface area contributed by atoms with E-state index in [0.717, 1.165) is 12.1 Å². The van der Waals surface area contributed by atoms with Gasteiger partial charge in [0.1, 0.15) is 7.11 Å². The van der Waals surface area contributed by atoms with Crippen LogP contribution in [0.25, 0.3) is 0 Å². The van der Waals surface area contributed by atoms with Crippen molar-refractivity contribution in [3.8, 4) is 0 Å². The first-order valence-electron chi connectivity index (χ1n) is 5.58. The predicted octanol–water partition coefficient (Wildman–Crippen LogP) is 1.34. The SMILES string of the molecule is CCOC(=O)/C(=N/OC)C(=O)c1ccc([N+](=O)[O-])cc1. The van der Waals surface area contributed by atoms with Gasteiger partial charge in [0.2, 0.25) is 11.5 Å². The van der Waals surface area contributed by atoms with Crippen molar-refractivity contribution in [2.24, 2.45) is 5.16 Å². The Bertz CT molecular complexity index is 550. The second-order valence-electron chi connectivity index (χ2n) is 3.48. The summed E-state index contributed by atoms with van der Waals surface area (Å²) in [5, 5.41) is 13.8. The summed E-state index contributed by atoms with van der Waals surface area (Å²) in [6, 6.07) is 4.77. The number of Topliss-reactive ketones (excluding diaryl/α,β-unsaturated/α-hetero) is 1. The molecule has 0 aliphatic heterocycles. The smallest absolute Gasteiger partial charge is 0.364 e. The number of benzene rings is 1. The van der Waals surface area contributed by atoms with E-state index in [1.54, 1.807) is 6.92 Å². The number of esters is 1. The Morgan fingerprint density at radius 1 is 1.30 bits per heavy atom. The Labute approximate surface area is 114 Å². The second-order valence-corrected chi connectivity index (χ2v) is 3.48. The summed E-state index contributed by atoms with van der Waals surface area (Å²) in [4.78, 5) is 38.0. The van der Waals surface area contributed by atoms with Crippen molar-refractivity contribution in [3.63, 3.8) is 0 Å². The number of non-ortho nitro benzene ring substituents is 1. The molecule has 0 atom stereocenters. The van der Waals surface area contributed by atoms with Gasteiger partial charge in [-0.2, -0.15) is 0 Å². The van der Waals surface area contributed by atoms with E-state index in [2.05, 4.69) is 14.7 Å². The third-order valence-electron chi connectivity index (χ3n) is 2.21. The Morgan fingerprint density at radius 3 is 2.35 bits per heavy atom. The molecular weight excluding hydrogens is 268 g/mol. The van der Waals surface area contributed by atoms with E-state index in [1.807, 2.05) is 0 Å². The standard InChI is InChI=1S/C12H12N2O6/c1-3-20-12(16)10(13-19-2)11(15)8-4-6-9(7-5-8)14(17)18/h4-7H,3H2,1-2H3/b13-10+. The zero-order chi connectivity index (χ0) is 15.1. The normalized spacial score (nSPS) is 10.8. The molecule has 0 aliphatic rings. The highest BCUT2D eigenvalue weighted by atomic mass is 16.6. The van der Waals surface area contributed by atoms with E-state index in [0.29, 0.717) is 0 Å². The average molecular weight is 280 g/mol. The number of nitro benzene ring substituents is 1. The van der Waals surface area contributed by atoms with Gasteiger partial charge in [0.25, 0.3) is 5.69 Å². The van der Waals surface area contributed by atoms with Crippen molar-refractivity contribution in [1.82, 2.24) is 0 Å². The van der Waals surface area contributed by atoms with Gasteiger partial charge in [0.15, 0.2) is 0 Å². The molecule has 0 amide bonds. The molecule has 1 rings (SSSR count). The zero-order valence-electron chi connectivity index (χ0n) is 10.9. The molecular formula is C12H12N2O6. The molecule has 106 valence electrons. The van der Waals surface area contributed by atoms with Crippen LogP contribution < -0.4 is 0 Å². The molecule has 0 unspecified atom stereocenters. The maximum Gasteiger partial charge on any atom is 0.364 e. The van der Waals surface area contributed by atoms with Crippen LogP contribution in [0.4, 0.5) is 5.69 Å². The maximum atomic E-state index is 12.1. The summed E-state index contributed by atoms with van der Waals surface area (Å²) < 4.78 is 4.68. The first-order valence-corrected chi connectivity index (χ1v) is 5.58. The molecule has 0 N–H and O–H groups in total. The van der Waals surface area contributed by atoms with Crippen molar-refractivity contribution in [3.05, 3.63) is 39.9 Å². The van der Waals surface area contributed by atoms with Crippen molar-refractivity contribution in [2.75, 3.05) is 13.7 Å². The highest BCUT2D eigenvalue weighted by Gasteiger charge is 2.24. The quantitative estimate of drug-likeness (QED) is 0.194. The Kier molecular flexibility index (Phi) is 5.33. The largest absolute Gasteiger partial charge is 0.461 e. The van der Waals surface area contributed by atoms with Crippen molar-refractivity contribution < 1.29 is 24.1 Å². The van der Waals surface area contributed by atoms with E-state index >= 15 is 0 Å². The lowest BCUT2D eigenvalue weighted by molar-refractivity contribution is -0.384. The highest BCUT2D eigenvalue weighted by molar-refractivity contribution is 6.67. The minimum Gasteiger partial charge on any atom is -0.461 e. The third-order valence-corrected chi connectivity index (χ3v) is 2.21. The van der Waals surface area contributed by atoms with Crippen molar-refractivity contribution in [1.29, 1.82) is 0 Å². The second kappa shape index (κ2) is 6.98. The summed E-state index contributed by atoms with van der Waals surface area (Å²) in [7, 11) is 1.18. The fourth-order valence-corrected chi connectivity index (χ4v) is 1.33. The Balaban J connectivity index is 3.04. The van der Waals surface area contributed by atoms with Crippen LogP contribution in [-0.4, -0.2) is 36.1 Å². The summed E-state index contributed by atoms with van der Waals surface area (Å²) in [5.41, 5.74) is -0.620. The molecule has 1 aromatic rings. The molecule has 0 aromatic heterocycles. The van der Waals surface area contributed by atoms with Crippen molar-refractivity contribution in [2.45, 2.75) is 6.92 Å². The number of rotatable bonds is 6. The number of nitrogens with zero attached hydrogens (tertiary/aromatic N) is 2. The average Bonchev–Trinajstić information content (AvgIpc) is 2.44. The summed E-state index contributed by atoms with van der Waals surface area (Å²) in [5.74, 6) is -1.65. The van der Waals surface area contributed by atoms with Gasteiger partial charge >= 0.3 is 5.97 Å². The van der Waals surface area contributed by atoms with Crippen LogP contribution in [0, 0.1) is 10.1 Å². The molecule has 20 heavy (non-hydrogen) atoms. The van der Waals surface area contributed by atoms with Gasteiger partial charge in [-0.3, -0.25) is 14.9 Å². The van der Waals surface area contributed by atoms with Gasteiger partial charge < -0.3 is 9.57 Å². The fourth-order valence-electron chi connectivity index (χ4n) is 1.33. The van der Waals surface area contributed by atoms with Gasteiger partial charge in [0.05, 0.1) is 11.5 Å². The molecule has 0 aliphatic carbocycles. The van der Waals surface area contributed by atoms with E-state index in [-0.39, 0.29) is 17.9 Å². The van der Waals surface area contributed by atoms with Crippen LogP contribution in [0.5, 0.6) is 0 Å². The van der Waals surface area contributed by atoms with Crippen LogP contribution in [0.1, 0.15) is 17.3 Å². The number of ether oxygens (including phenoxy) is 1. The van der Waals surface area contributed by atoms with E-state index < -0.39 is 22.4 Å². The van der Waals surface area contributed by atoms with Crippen molar-refractivity contribution >= 4 is 23.2 Å². The minimum atomic E-state index is -0.919. The van der Waals surface area contributed by atoms with Gasteiger partial charge in [-0.15, -0.1) is 0 Å². The number of hydrogen-bond donors (Lipinski definition) is 0. The van der Waals surface area contributed by atoms with E-state index in [4.69, 9.17) is 0 Å². The number of ketones is 1. The zero-order valence-corrected chi connectivity index (χ0v) is 10.9. The number of carbonyl (C=O) groups excluding carboxylic acids is 2. The first kappa shape index (κ1) is 15.3. The van der Waals surface area contributed by atoms with Gasteiger partial charge in [-0.1, -0.05) is 5.16 Å². The molecule has 0 fully saturated rings. The summed E-state index contributed by atoms with van der Waals surface area (Å²) in [6.07, 6.45) is 0. The molecule has 0 bridgehead atoms. The third kappa shape index (κ3) is 3.61. The predicted molar refractivity (Wildman–Crippen MR) is 68.5 cm³/mol. The summed E-state index contributed by atoms with van der Waals surface area (Å²) in [6.45, 7) is 1.66. The van der Waals surface area contributed by atoms with E-state index in [1.165, 1.54) is 19.2 Å². The molecule has 8 heteroatoms. The van der Waals surface area contributed by atoms with Gasteiger partial charge in [-0.25, -0.2) is 4.79 Å². The topological polar surface area (TPSA) is 108 Å². The number of carbonyl (C=O) groups is 2. The lowest BCUT2D eigenvalue weighted by atomic mass is 10.1. The molecule has 0 radical (unpaired) electrons. The van der Waals surface area contributed by atoms with Crippen LogP contribution in [0.2, 0.25) is 0 Å². The molecule has 1 aromatic carbocycles. The minimum absolute atomic E-state index is 0.0689. The lowest BCUT2D eigenvalue weighted by Gasteiger charge is -2.04. The molecule has 0 heterocycles. The highest BCUT2D eigenvalue weighted by Crippen LogP contribution is 2.13. The van der Waals surface area contributed by atoms with Crippen LogP contribution >= 0.6 is 0 Å². The molecule has 8 nitrogen and oxygen atoms in total. The Morgan fingerprint density at radius 2 is 1.90 bits per heavy atom. The fraction of sp³-hybridized carbons (Fsp3) is 0.250. The summed E-state index contributed by atoms with van der Waals surface area (Å²) >= 11 is 0.